The van der Waals surface area contributed by atoms with Crippen molar-refractivity contribution in [2.45, 2.75) is 0 Å². The van der Waals surface area contributed by atoms with Crippen molar-refractivity contribution in [1.82, 2.24) is 4.98 Å². The predicted octanol–water partition coefficient (Wildman–Crippen LogP) is 1.89. The highest BCUT2D eigenvalue weighted by molar-refractivity contribution is 9.10. The molecule has 3 nitrogen and oxygen atoms in total. The number of nitrogens with zero attached hydrogens (tertiary/aromatic N) is 2. The minimum Gasteiger partial charge on any atom is -0.357 e. The molecule has 72 valence electrons. The molecule has 5 heteroatoms. The Kier molecular flexibility index (Phi) is 3.96. The lowest BCUT2D eigenvalue weighted by atomic mass is 10.4. The van der Waals surface area contributed by atoms with Crippen LogP contribution in [0, 0.1) is 0 Å². The molecular weight excluding hydrogens is 253 g/mol. The van der Waals surface area contributed by atoms with Gasteiger partial charge in [-0.2, -0.15) is 0 Å². The molecule has 0 spiro atoms. The summed E-state index contributed by atoms with van der Waals surface area (Å²) in [5, 5.41) is 0.630. The maximum atomic E-state index is 5.99. The molecule has 0 saturated carbocycles. The van der Waals surface area contributed by atoms with Gasteiger partial charge < -0.3 is 10.6 Å². The lowest BCUT2D eigenvalue weighted by Gasteiger charge is -2.17. The van der Waals surface area contributed by atoms with Crippen molar-refractivity contribution < 1.29 is 0 Å². The van der Waals surface area contributed by atoms with E-state index >= 15 is 0 Å². The first-order valence-corrected chi connectivity index (χ1v) is 5.04. The standard InChI is InChI=1S/C8H11BrClN3/c1-13(3-2-11)8-7(10)4-6(9)5-12-8/h4-5H,2-3,11H2,1H3. The van der Waals surface area contributed by atoms with Gasteiger partial charge in [-0.15, -0.1) is 0 Å². The van der Waals surface area contributed by atoms with E-state index in [1.807, 2.05) is 18.0 Å². The fourth-order valence-electron chi connectivity index (χ4n) is 0.988. The normalized spacial score (nSPS) is 10.2. The van der Waals surface area contributed by atoms with Crippen molar-refractivity contribution in [2.75, 3.05) is 25.0 Å². The Balaban J connectivity index is 2.88. The van der Waals surface area contributed by atoms with Crippen LogP contribution in [0.15, 0.2) is 16.7 Å². The molecule has 0 aromatic carbocycles. The van der Waals surface area contributed by atoms with E-state index < -0.39 is 0 Å². The average Bonchev–Trinajstić information content (AvgIpc) is 2.04. The Morgan fingerprint density at radius 1 is 1.69 bits per heavy atom. The van der Waals surface area contributed by atoms with Gasteiger partial charge in [0.1, 0.15) is 5.82 Å². The fourth-order valence-corrected chi connectivity index (χ4v) is 1.76. The van der Waals surface area contributed by atoms with Crippen molar-refractivity contribution in [1.29, 1.82) is 0 Å². The van der Waals surface area contributed by atoms with Gasteiger partial charge in [-0.3, -0.25) is 0 Å². The molecule has 0 fully saturated rings. The quantitative estimate of drug-likeness (QED) is 0.906. The molecule has 1 aromatic rings. The molecular formula is C8H11BrClN3. The lowest BCUT2D eigenvalue weighted by Crippen LogP contribution is -2.25. The third-order valence-corrected chi connectivity index (χ3v) is 2.33. The van der Waals surface area contributed by atoms with Crippen molar-refractivity contribution in [3.8, 4) is 0 Å². The maximum Gasteiger partial charge on any atom is 0.147 e. The van der Waals surface area contributed by atoms with Crippen molar-refractivity contribution in [3.63, 3.8) is 0 Å². The van der Waals surface area contributed by atoms with E-state index in [0.717, 1.165) is 16.8 Å². The molecule has 1 rings (SSSR count). The zero-order valence-electron chi connectivity index (χ0n) is 7.30. The van der Waals surface area contributed by atoms with Crippen LogP contribution in [0.4, 0.5) is 5.82 Å². The average molecular weight is 265 g/mol. The number of hydrogen-bond donors (Lipinski definition) is 1. The zero-order chi connectivity index (χ0) is 9.84. The van der Waals surface area contributed by atoms with Crippen molar-refractivity contribution in [2.24, 2.45) is 5.73 Å². The smallest absolute Gasteiger partial charge is 0.147 e. The van der Waals surface area contributed by atoms with Gasteiger partial charge in [-0.05, 0) is 22.0 Å². The topological polar surface area (TPSA) is 42.1 Å². The molecule has 1 heterocycles. The number of hydrogen-bond acceptors (Lipinski definition) is 3. The molecule has 0 radical (unpaired) electrons. The molecule has 0 aliphatic rings. The van der Waals surface area contributed by atoms with Crippen LogP contribution >= 0.6 is 27.5 Å². The highest BCUT2D eigenvalue weighted by Gasteiger charge is 2.06. The zero-order valence-corrected chi connectivity index (χ0v) is 9.64. The minimum atomic E-state index is 0.588. The van der Waals surface area contributed by atoms with E-state index in [2.05, 4.69) is 20.9 Å². The van der Waals surface area contributed by atoms with Crippen LogP contribution in [-0.4, -0.2) is 25.1 Å². The molecule has 0 aliphatic heterocycles. The summed E-state index contributed by atoms with van der Waals surface area (Å²) in [6, 6.07) is 1.82. The number of rotatable bonds is 3. The van der Waals surface area contributed by atoms with Crippen LogP contribution in [0.5, 0.6) is 0 Å². The van der Waals surface area contributed by atoms with E-state index in [9.17, 15) is 0 Å². The molecule has 0 saturated heterocycles. The van der Waals surface area contributed by atoms with E-state index in [0.29, 0.717) is 11.6 Å². The van der Waals surface area contributed by atoms with E-state index in [-0.39, 0.29) is 0 Å². The largest absolute Gasteiger partial charge is 0.357 e. The first kappa shape index (κ1) is 10.8. The van der Waals surface area contributed by atoms with Crippen molar-refractivity contribution in [3.05, 3.63) is 21.8 Å². The summed E-state index contributed by atoms with van der Waals surface area (Å²) in [7, 11) is 1.91. The van der Waals surface area contributed by atoms with E-state index in [1.54, 1.807) is 6.20 Å². The van der Waals surface area contributed by atoms with Crippen molar-refractivity contribution >= 4 is 33.3 Å². The van der Waals surface area contributed by atoms with Crippen LogP contribution in [0.3, 0.4) is 0 Å². The first-order chi connectivity index (χ1) is 6.15. The lowest BCUT2D eigenvalue weighted by molar-refractivity contribution is 0.868. The maximum absolute atomic E-state index is 5.99. The Bertz CT molecular complexity index is 293. The van der Waals surface area contributed by atoms with Gasteiger partial charge in [0.15, 0.2) is 0 Å². The van der Waals surface area contributed by atoms with Gasteiger partial charge in [0.05, 0.1) is 5.02 Å². The SMILES string of the molecule is CN(CCN)c1ncc(Br)cc1Cl. The number of aromatic nitrogens is 1. The minimum absolute atomic E-state index is 0.588. The molecule has 0 amide bonds. The van der Waals surface area contributed by atoms with Gasteiger partial charge in [0.2, 0.25) is 0 Å². The third-order valence-electron chi connectivity index (χ3n) is 1.61. The Morgan fingerprint density at radius 2 is 2.38 bits per heavy atom. The summed E-state index contributed by atoms with van der Waals surface area (Å²) >= 11 is 9.28. The van der Waals surface area contributed by atoms with Gasteiger partial charge in [0, 0.05) is 30.8 Å². The van der Waals surface area contributed by atoms with Crippen LogP contribution in [-0.2, 0) is 0 Å². The molecule has 0 bridgehead atoms. The number of pyridine rings is 1. The van der Waals surface area contributed by atoms with Crippen LogP contribution in [0.2, 0.25) is 5.02 Å². The van der Waals surface area contributed by atoms with Crippen LogP contribution in [0.1, 0.15) is 0 Å². The van der Waals surface area contributed by atoms with Gasteiger partial charge in [-0.1, -0.05) is 11.6 Å². The molecule has 0 aliphatic carbocycles. The highest BCUT2D eigenvalue weighted by Crippen LogP contribution is 2.24. The molecule has 0 atom stereocenters. The summed E-state index contributed by atoms with van der Waals surface area (Å²) in [5.41, 5.74) is 5.42. The number of halogens is 2. The summed E-state index contributed by atoms with van der Waals surface area (Å²) in [4.78, 5) is 6.11. The Hall–Kier alpha value is -0.320. The summed E-state index contributed by atoms with van der Waals surface area (Å²) in [6.07, 6.45) is 1.72. The Labute approximate surface area is 91.0 Å². The number of likely N-dealkylation sites (N-methyl/N-ethyl adjacent to an activating group) is 1. The molecule has 2 N–H and O–H groups in total. The molecule has 1 aromatic heterocycles. The Morgan fingerprint density at radius 3 is 2.92 bits per heavy atom. The van der Waals surface area contributed by atoms with Gasteiger partial charge >= 0.3 is 0 Å². The summed E-state index contributed by atoms with van der Waals surface area (Å²) in [5.74, 6) is 0.760. The van der Waals surface area contributed by atoms with Crippen LogP contribution in [0.25, 0.3) is 0 Å². The van der Waals surface area contributed by atoms with Crippen LogP contribution < -0.4 is 10.6 Å². The predicted molar refractivity (Wildman–Crippen MR) is 59.3 cm³/mol. The third kappa shape index (κ3) is 2.83. The molecule has 13 heavy (non-hydrogen) atoms. The molecule has 0 unspecified atom stereocenters. The number of nitrogens with two attached hydrogens (primary N) is 1. The monoisotopic (exact) mass is 263 g/mol. The second-order valence-electron chi connectivity index (χ2n) is 2.67. The highest BCUT2D eigenvalue weighted by atomic mass is 79.9. The second-order valence-corrected chi connectivity index (χ2v) is 3.99. The van der Waals surface area contributed by atoms with E-state index in [4.69, 9.17) is 17.3 Å². The summed E-state index contributed by atoms with van der Waals surface area (Å²) < 4.78 is 0.877. The summed E-state index contributed by atoms with van der Waals surface area (Å²) in [6.45, 7) is 1.33. The first-order valence-electron chi connectivity index (χ1n) is 3.87. The van der Waals surface area contributed by atoms with Gasteiger partial charge in [0.25, 0.3) is 0 Å². The van der Waals surface area contributed by atoms with Gasteiger partial charge in [-0.25, -0.2) is 4.98 Å². The van der Waals surface area contributed by atoms with E-state index in [1.165, 1.54) is 0 Å². The number of anilines is 1. The fraction of sp³-hybridized carbons (Fsp3) is 0.375. The second kappa shape index (κ2) is 4.79.